The summed E-state index contributed by atoms with van der Waals surface area (Å²) in [5.41, 5.74) is 2.64. The van der Waals surface area contributed by atoms with Gasteiger partial charge < -0.3 is 14.8 Å². The molecular weight excluding hydrogens is 262 g/mol. The summed E-state index contributed by atoms with van der Waals surface area (Å²) in [5.74, 6) is 1.62. The monoisotopic (exact) mass is 286 g/mol. The fraction of sp³-hybridized carbons (Fsp3) is 0.333. The van der Waals surface area contributed by atoms with Crippen LogP contribution < -0.4 is 14.8 Å². The average Bonchev–Trinajstić information content (AvgIpc) is 2.53. The largest absolute Gasteiger partial charge is 0.493 e. The van der Waals surface area contributed by atoms with Crippen molar-refractivity contribution in [3.05, 3.63) is 59.7 Å². The standard InChI is InChI=1S/C18H23NO2/c1-3-21-18-13-16(9-10-17(18)20-2)14-19-12-11-15-7-5-4-6-8-15/h4-10,13,19H,3,11-12,14H2,1-2H3/p+1. The molecule has 0 aromatic heterocycles. The second-order valence-corrected chi connectivity index (χ2v) is 4.94. The van der Waals surface area contributed by atoms with Gasteiger partial charge in [-0.25, -0.2) is 0 Å². The van der Waals surface area contributed by atoms with Crippen LogP contribution >= 0.6 is 0 Å². The summed E-state index contributed by atoms with van der Waals surface area (Å²) in [6.45, 7) is 4.67. The van der Waals surface area contributed by atoms with Crippen LogP contribution in [0.15, 0.2) is 48.5 Å². The third-order valence-corrected chi connectivity index (χ3v) is 3.39. The van der Waals surface area contributed by atoms with E-state index in [0.717, 1.165) is 31.0 Å². The lowest BCUT2D eigenvalue weighted by Crippen LogP contribution is -2.83. The van der Waals surface area contributed by atoms with E-state index >= 15 is 0 Å². The molecule has 3 nitrogen and oxygen atoms in total. The van der Waals surface area contributed by atoms with E-state index in [2.05, 4.69) is 47.8 Å². The first-order valence-electron chi connectivity index (χ1n) is 7.48. The number of quaternary nitrogens is 1. The van der Waals surface area contributed by atoms with E-state index in [-0.39, 0.29) is 0 Å². The van der Waals surface area contributed by atoms with E-state index in [9.17, 15) is 0 Å². The molecule has 0 saturated heterocycles. The van der Waals surface area contributed by atoms with E-state index in [1.54, 1.807) is 7.11 Å². The van der Waals surface area contributed by atoms with Gasteiger partial charge in [0.25, 0.3) is 0 Å². The third kappa shape index (κ3) is 4.80. The number of benzene rings is 2. The molecule has 0 atom stereocenters. The van der Waals surface area contributed by atoms with Crippen LogP contribution in [0.5, 0.6) is 11.5 Å². The zero-order valence-corrected chi connectivity index (χ0v) is 12.8. The second-order valence-electron chi connectivity index (χ2n) is 4.94. The van der Waals surface area contributed by atoms with Gasteiger partial charge in [-0.2, -0.15) is 0 Å². The maximum absolute atomic E-state index is 5.61. The van der Waals surface area contributed by atoms with Crippen LogP contribution in [0.3, 0.4) is 0 Å². The fourth-order valence-electron chi connectivity index (χ4n) is 2.30. The van der Waals surface area contributed by atoms with E-state index < -0.39 is 0 Å². The maximum atomic E-state index is 5.61. The average molecular weight is 286 g/mol. The van der Waals surface area contributed by atoms with E-state index in [1.165, 1.54) is 11.1 Å². The Labute approximate surface area is 126 Å². The molecular formula is C18H24NO2+. The highest BCUT2D eigenvalue weighted by Crippen LogP contribution is 2.27. The van der Waals surface area contributed by atoms with Crippen molar-refractivity contribution in [2.75, 3.05) is 20.3 Å². The first-order valence-corrected chi connectivity index (χ1v) is 7.48. The summed E-state index contributed by atoms with van der Waals surface area (Å²) in [6.07, 6.45) is 1.09. The Morgan fingerprint density at radius 3 is 2.48 bits per heavy atom. The van der Waals surface area contributed by atoms with Crippen molar-refractivity contribution in [3.63, 3.8) is 0 Å². The Bertz CT molecular complexity index is 540. The molecule has 0 radical (unpaired) electrons. The molecule has 0 heterocycles. The highest BCUT2D eigenvalue weighted by atomic mass is 16.5. The van der Waals surface area contributed by atoms with Gasteiger partial charge in [0, 0.05) is 12.0 Å². The number of ether oxygens (including phenoxy) is 2. The van der Waals surface area contributed by atoms with Crippen molar-refractivity contribution < 1.29 is 14.8 Å². The molecule has 0 amide bonds. The minimum absolute atomic E-state index is 0.650. The Balaban J connectivity index is 1.84. The summed E-state index contributed by atoms with van der Waals surface area (Å²) in [7, 11) is 1.67. The molecule has 0 fully saturated rings. The molecule has 2 N–H and O–H groups in total. The van der Waals surface area contributed by atoms with Crippen molar-refractivity contribution in [1.82, 2.24) is 0 Å². The van der Waals surface area contributed by atoms with Gasteiger partial charge in [-0.1, -0.05) is 30.3 Å². The quantitative estimate of drug-likeness (QED) is 0.756. The van der Waals surface area contributed by atoms with Gasteiger partial charge in [-0.15, -0.1) is 0 Å². The molecule has 2 aromatic carbocycles. The number of methoxy groups -OCH3 is 1. The van der Waals surface area contributed by atoms with Crippen LogP contribution in [0, 0.1) is 0 Å². The van der Waals surface area contributed by atoms with E-state index in [0.29, 0.717) is 6.61 Å². The zero-order valence-electron chi connectivity index (χ0n) is 12.8. The predicted molar refractivity (Wildman–Crippen MR) is 84.8 cm³/mol. The molecule has 3 heteroatoms. The van der Waals surface area contributed by atoms with Gasteiger partial charge in [0.1, 0.15) is 6.54 Å². The van der Waals surface area contributed by atoms with E-state index in [4.69, 9.17) is 9.47 Å². The summed E-state index contributed by atoms with van der Waals surface area (Å²) >= 11 is 0. The normalized spacial score (nSPS) is 10.4. The number of hydrogen-bond donors (Lipinski definition) is 1. The first kappa shape index (κ1) is 15.4. The van der Waals surface area contributed by atoms with Gasteiger partial charge in [-0.05, 0) is 30.7 Å². The molecule has 0 aliphatic heterocycles. The van der Waals surface area contributed by atoms with Gasteiger partial charge in [-0.3, -0.25) is 0 Å². The van der Waals surface area contributed by atoms with Gasteiger partial charge in [0.15, 0.2) is 11.5 Å². The lowest BCUT2D eigenvalue weighted by molar-refractivity contribution is -0.670. The minimum Gasteiger partial charge on any atom is -0.493 e. The van der Waals surface area contributed by atoms with Crippen molar-refractivity contribution >= 4 is 0 Å². The Hall–Kier alpha value is -2.00. The predicted octanol–water partition coefficient (Wildman–Crippen LogP) is 2.40. The van der Waals surface area contributed by atoms with Crippen molar-refractivity contribution in [2.24, 2.45) is 0 Å². The minimum atomic E-state index is 0.650. The number of rotatable bonds is 8. The summed E-state index contributed by atoms with van der Waals surface area (Å²) in [4.78, 5) is 0. The van der Waals surface area contributed by atoms with Gasteiger partial charge in [0.05, 0.1) is 20.3 Å². The molecule has 0 spiro atoms. The molecule has 0 aliphatic carbocycles. The maximum Gasteiger partial charge on any atom is 0.161 e. The van der Waals surface area contributed by atoms with E-state index in [1.807, 2.05) is 13.0 Å². The fourth-order valence-corrected chi connectivity index (χ4v) is 2.30. The molecule has 0 bridgehead atoms. The Morgan fingerprint density at radius 1 is 0.952 bits per heavy atom. The number of hydrogen-bond acceptors (Lipinski definition) is 2. The Morgan fingerprint density at radius 2 is 1.76 bits per heavy atom. The van der Waals surface area contributed by atoms with Crippen LogP contribution in [0.1, 0.15) is 18.1 Å². The summed E-state index contributed by atoms with van der Waals surface area (Å²) in [5, 5.41) is 2.32. The molecule has 112 valence electrons. The second kappa shape index (κ2) is 8.32. The first-order chi connectivity index (χ1) is 10.3. The molecule has 0 saturated carbocycles. The van der Waals surface area contributed by atoms with Crippen molar-refractivity contribution in [3.8, 4) is 11.5 Å². The van der Waals surface area contributed by atoms with Gasteiger partial charge in [0.2, 0.25) is 0 Å². The van der Waals surface area contributed by atoms with Crippen LogP contribution in [0.25, 0.3) is 0 Å². The topological polar surface area (TPSA) is 35.1 Å². The highest BCUT2D eigenvalue weighted by Gasteiger charge is 2.06. The van der Waals surface area contributed by atoms with Crippen LogP contribution in [-0.2, 0) is 13.0 Å². The molecule has 21 heavy (non-hydrogen) atoms. The Kier molecular flexibility index (Phi) is 6.10. The van der Waals surface area contributed by atoms with Crippen molar-refractivity contribution in [2.45, 2.75) is 19.9 Å². The lowest BCUT2D eigenvalue weighted by Gasteiger charge is -2.10. The number of nitrogens with two attached hydrogens (primary N) is 1. The van der Waals surface area contributed by atoms with Crippen LogP contribution in [0.4, 0.5) is 0 Å². The van der Waals surface area contributed by atoms with Crippen molar-refractivity contribution in [1.29, 1.82) is 0 Å². The highest BCUT2D eigenvalue weighted by molar-refractivity contribution is 5.42. The smallest absolute Gasteiger partial charge is 0.161 e. The SMILES string of the molecule is CCOc1cc(C[NH2+]CCc2ccccc2)ccc1OC. The van der Waals surface area contributed by atoms with Gasteiger partial charge >= 0.3 is 0 Å². The molecule has 2 rings (SSSR count). The summed E-state index contributed by atoms with van der Waals surface area (Å²) in [6, 6.07) is 16.7. The third-order valence-electron chi connectivity index (χ3n) is 3.39. The zero-order chi connectivity index (χ0) is 14.9. The summed E-state index contributed by atoms with van der Waals surface area (Å²) < 4.78 is 10.9. The lowest BCUT2D eigenvalue weighted by atomic mass is 10.1. The molecule has 0 aliphatic rings. The van der Waals surface area contributed by atoms with Crippen LogP contribution in [-0.4, -0.2) is 20.3 Å². The molecule has 2 aromatic rings. The van der Waals surface area contributed by atoms with Crippen LogP contribution in [0.2, 0.25) is 0 Å². The molecule has 0 unspecified atom stereocenters.